The first kappa shape index (κ1) is 13.0. The average Bonchev–Trinajstić information content (AvgIpc) is 2.62. The highest BCUT2D eigenvalue weighted by molar-refractivity contribution is 9.11. The van der Waals surface area contributed by atoms with E-state index in [9.17, 15) is 4.79 Å². The number of carbonyl (C=O) groups excluding carboxylic acids is 1. The van der Waals surface area contributed by atoms with Gasteiger partial charge in [0.05, 0.1) is 8.66 Å². The van der Waals surface area contributed by atoms with Gasteiger partial charge in [0.2, 0.25) is 5.78 Å². The third-order valence-corrected chi connectivity index (χ3v) is 5.59. The molecule has 88 valence electrons. The average molecular weight is 374 g/mol. The lowest BCUT2D eigenvalue weighted by Gasteiger charge is -2.04. The predicted octanol–water partition coefficient (Wildman–Crippen LogP) is 5.12. The molecule has 0 spiro atoms. The van der Waals surface area contributed by atoms with Gasteiger partial charge in [-0.25, -0.2) is 0 Å². The largest absolute Gasteiger partial charge is 0.288 e. The summed E-state index contributed by atoms with van der Waals surface area (Å²) in [6.07, 6.45) is 0. The van der Waals surface area contributed by atoms with Crippen LogP contribution in [0.4, 0.5) is 0 Å². The SMILES string of the molecule is Cc1cc(C(=O)c2cccc(Br)c2C)sc1Br. The van der Waals surface area contributed by atoms with Crippen LogP contribution in [0.3, 0.4) is 0 Å². The molecule has 0 bridgehead atoms. The van der Waals surface area contributed by atoms with E-state index in [1.165, 1.54) is 11.3 Å². The Morgan fingerprint density at radius 2 is 1.94 bits per heavy atom. The zero-order valence-corrected chi connectivity index (χ0v) is 13.4. The van der Waals surface area contributed by atoms with Gasteiger partial charge in [0.1, 0.15) is 0 Å². The molecule has 0 aliphatic heterocycles. The monoisotopic (exact) mass is 372 g/mol. The number of aryl methyl sites for hydroxylation is 1. The van der Waals surface area contributed by atoms with Crippen molar-refractivity contribution in [1.82, 2.24) is 0 Å². The van der Waals surface area contributed by atoms with Crippen LogP contribution >= 0.6 is 43.2 Å². The molecule has 0 saturated carbocycles. The fraction of sp³-hybridized carbons (Fsp3) is 0.154. The van der Waals surface area contributed by atoms with E-state index in [4.69, 9.17) is 0 Å². The van der Waals surface area contributed by atoms with Gasteiger partial charge in [-0.05, 0) is 53.0 Å². The molecule has 1 aromatic heterocycles. The summed E-state index contributed by atoms with van der Waals surface area (Å²) < 4.78 is 1.99. The van der Waals surface area contributed by atoms with Crippen LogP contribution in [0.1, 0.15) is 26.4 Å². The first-order valence-electron chi connectivity index (χ1n) is 5.06. The lowest BCUT2D eigenvalue weighted by molar-refractivity contribution is 0.104. The van der Waals surface area contributed by atoms with Gasteiger partial charge in [-0.15, -0.1) is 11.3 Å². The van der Waals surface area contributed by atoms with Crippen LogP contribution in [0.25, 0.3) is 0 Å². The molecule has 0 aliphatic rings. The highest BCUT2D eigenvalue weighted by atomic mass is 79.9. The van der Waals surface area contributed by atoms with Gasteiger partial charge in [-0.3, -0.25) is 4.79 Å². The molecule has 0 aliphatic carbocycles. The van der Waals surface area contributed by atoms with Gasteiger partial charge in [-0.1, -0.05) is 28.1 Å². The lowest BCUT2D eigenvalue weighted by Crippen LogP contribution is -2.01. The quantitative estimate of drug-likeness (QED) is 0.667. The van der Waals surface area contributed by atoms with Crippen LogP contribution < -0.4 is 0 Å². The van der Waals surface area contributed by atoms with Crippen molar-refractivity contribution in [2.45, 2.75) is 13.8 Å². The fourth-order valence-electron chi connectivity index (χ4n) is 1.56. The van der Waals surface area contributed by atoms with Crippen molar-refractivity contribution in [2.75, 3.05) is 0 Å². The highest BCUT2D eigenvalue weighted by Gasteiger charge is 2.16. The topological polar surface area (TPSA) is 17.1 Å². The Bertz CT molecular complexity index is 568. The summed E-state index contributed by atoms with van der Waals surface area (Å²) in [6, 6.07) is 7.63. The van der Waals surface area contributed by atoms with E-state index in [2.05, 4.69) is 31.9 Å². The summed E-state index contributed by atoms with van der Waals surface area (Å²) >= 11 is 8.38. The predicted molar refractivity (Wildman–Crippen MR) is 79.1 cm³/mol. The molecular weight excluding hydrogens is 364 g/mol. The Balaban J connectivity index is 2.47. The molecule has 0 unspecified atom stereocenters. The molecule has 0 radical (unpaired) electrons. The number of hydrogen-bond donors (Lipinski definition) is 0. The van der Waals surface area contributed by atoms with Crippen molar-refractivity contribution in [1.29, 1.82) is 0 Å². The number of ketones is 1. The molecule has 1 heterocycles. The van der Waals surface area contributed by atoms with E-state index in [0.717, 1.165) is 29.8 Å². The van der Waals surface area contributed by atoms with E-state index in [1.54, 1.807) is 0 Å². The van der Waals surface area contributed by atoms with Crippen LogP contribution in [0.5, 0.6) is 0 Å². The Kier molecular flexibility index (Phi) is 3.85. The normalized spacial score (nSPS) is 10.6. The summed E-state index contributed by atoms with van der Waals surface area (Å²) in [5, 5.41) is 0. The molecule has 0 saturated heterocycles. The zero-order chi connectivity index (χ0) is 12.6. The van der Waals surface area contributed by atoms with Crippen molar-refractivity contribution < 1.29 is 4.79 Å². The number of carbonyl (C=O) groups is 1. The van der Waals surface area contributed by atoms with Gasteiger partial charge < -0.3 is 0 Å². The number of halogens is 2. The molecule has 0 atom stereocenters. The smallest absolute Gasteiger partial charge is 0.203 e. The molecule has 2 aromatic rings. The Hall–Kier alpha value is -0.450. The van der Waals surface area contributed by atoms with E-state index in [1.807, 2.05) is 38.1 Å². The van der Waals surface area contributed by atoms with Crippen LogP contribution in [0.15, 0.2) is 32.5 Å². The minimum absolute atomic E-state index is 0.0857. The van der Waals surface area contributed by atoms with Crippen LogP contribution in [0, 0.1) is 13.8 Å². The van der Waals surface area contributed by atoms with Crippen LogP contribution in [-0.2, 0) is 0 Å². The van der Waals surface area contributed by atoms with Gasteiger partial charge in [0.25, 0.3) is 0 Å². The molecule has 0 fully saturated rings. The minimum atomic E-state index is 0.0857. The van der Waals surface area contributed by atoms with Crippen molar-refractivity contribution in [2.24, 2.45) is 0 Å². The van der Waals surface area contributed by atoms with Crippen LogP contribution in [0.2, 0.25) is 0 Å². The summed E-state index contributed by atoms with van der Waals surface area (Å²) in [5.74, 6) is 0.0857. The highest BCUT2D eigenvalue weighted by Crippen LogP contribution is 2.30. The van der Waals surface area contributed by atoms with E-state index in [-0.39, 0.29) is 5.78 Å². The Labute approximate surface area is 121 Å². The first-order chi connectivity index (χ1) is 8.00. The van der Waals surface area contributed by atoms with E-state index < -0.39 is 0 Å². The molecule has 1 aromatic carbocycles. The van der Waals surface area contributed by atoms with E-state index in [0.29, 0.717) is 0 Å². The van der Waals surface area contributed by atoms with Crippen molar-refractivity contribution in [3.8, 4) is 0 Å². The summed E-state index contributed by atoms with van der Waals surface area (Å²) in [6.45, 7) is 3.94. The van der Waals surface area contributed by atoms with Crippen molar-refractivity contribution in [3.63, 3.8) is 0 Å². The number of rotatable bonds is 2. The van der Waals surface area contributed by atoms with Crippen LogP contribution in [-0.4, -0.2) is 5.78 Å². The minimum Gasteiger partial charge on any atom is -0.288 e. The zero-order valence-electron chi connectivity index (χ0n) is 9.38. The molecular formula is C13H10Br2OS. The van der Waals surface area contributed by atoms with Gasteiger partial charge in [0, 0.05) is 10.0 Å². The molecule has 17 heavy (non-hydrogen) atoms. The number of thiophene rings is 1. The summed E-state index contributed by atoms with van der Waals surface area (Å²) in [4.78, 5) is 13.1. The van der Waals surface area contributed by atoms with Gasteiger partial charge in [0.15, 0.2) is 0 Å². The van der Waals surface area contributed by atoms with Gasteiger partial charge >= 0.3 is 0 Å². The second-order valence-electron chi connectivity index (χ2n) is 3.81. The van der Waals surface area contributed by atoms with Crippen molar-refractivity contribution >= 4 is 49.0 Å². The Morgan fingerprint density at radius 1 is 1.24 bits per heavy atom. The third-order valence-electron chi connectivity index (χ3n) is 2.59. The lowest BCUT2D eigenvalue weighted by atomic mass is 10.0. The first-order valence-corrected chi connectivity index (χ1v) is 7.46. The molecule has 0 amide bonds. The summed E-state index contributed by atoms with van der Waals surface area (Å²) in [7, 11) is 0. The summed E-state index contributed by atoms with van der Waals surface area (Å²) in [5.41, 5.74) is 2.85. The maximum Gasteiger partial charge on any atom is 0.203 e. The van der Waals surface area contributed by atoms with Crippen molar-refractivity contribution in [3.05, 3.63) is 54.1 Å². The van der Waals surface area contributed by atoms with Gasteiger partial charge in [-0.2, -0.15) is 0 Å². The second kappa shape index (κ2) is 5.04. The number of benzene rings is 1. The fourth-order valence-corrected chi connectivity index (χ4v) is 3.41. The second-order valence-corrected chi connectivity index (χ2v) is 7.03. The van der Waals surface area contributed by atoms with E-state index >= 15 is 0 Å². The Morgan fingerprint density at radius 3 is 2.53 bits per heavy atom. The number of hydrogen-bond acceptors (Lipinski definition) is 2. The standard InChI is InChI=1S/C13H10Br2OS/c1-7-6-11(17-13(7)15)12(16)9-4-3-5-10(14)8(9)2/h3-6H,1-2H3. The maximum absolute atomic E-state index is 12.4. The maximum atomic E-state index is 12.4. The molecule has 0 N–H and O–H groups in total. The molecule has 1 nitrogen and oxygen atoms in total. The third kappa shape index (κ3) is 2.54. The molecule has 2 rings (SSSR count). The molecule has 4 heteroatoms.